The third-order valence-corrected chi connectivity index (χ3v) is 22.8. The Bertz CT molecular complexity index is 169. The van der Waals surface area contributed by atoms with Crippen LogP contribution in [0.3, 0.4) is 0 Å². The van der Waals surface area contributed by atoms with E-state index < -0.39 is 28.8 Å². The molecule has 0 spiro atoms. The van der Waals surface area contributed by atoms with Crippen LogP contribution in [0.5, 0.6) is 0 Å². The second-order valence-electron chi connectivity index (χ2n) is 7.41. The van der Waals surface area contributed by atoms with Crippen molar-refractivity contribution < 1.29 is 4.39 Å². The first-order chi connectivity index (χ1) is 5.75. The zero-order chi connectivity index (χ0) is 12.0. The van der Waals surface area contributed by atoms with Crippen molar-refractivity contribution in [2.45, 2.75) is 63.5 Å². The quantitative estimate of drug-likeness (QED) is 0.654. The van der Waals surface area contributed by atoms with E-state index in [9.17, 15) is 0 Å². The number of hydrogen-bond donors (Lipinski definition) is 0. The van der Waals surface area contributed by atoms with Crippen molar-refractivity contribution in [1.29, 1.82) is 0 Å². The van der Waals surface area contributed by atoms with Gasteiger partial charge in [-0.3, -0.25) is 4.39 Å². The zero-order valence-electron chi connectivity index (χ0n) is 11.4. The molecule has 0 N–H and O–H groups in total. The van der Waals surface area contributed by atoms with Crippen molar-refractivity contribution in [3.63, 3.8) is 0 Å². The van der Waals surface area contributed by atoms with Gasteiger partial charge in [-0.2, -0.15) is 0 Å². The smallest absolute Gasteiger partial charge is 0.0809 e. The molecule has 86 valence electrons. The SMILES string of the molecule is C[Si](C)(C)C(F)([Si](C)(C)C)[Si](C)(C)C. The third-order valence-electron chi connectivity index (χ3n) is 3.10. The molecule has 0 saturated heterocycles. The maximum Gasteiger partial charge on any atom is 0.0809 e. The molecule has 0 aromatic rings. The predicted octanol–water partition coefficient (Wildman–Crippen LogP) is 4.33. The maximum absolute atomic E-state index is 15.5. The Morgan fingerprint density at radius 3 is 0.714 bits per heavy atom. The molecule has 0 aliphatic rings. The minimum atomic E-state index is -1.72. The van der Waals surface area contributed by atoms with Crippen LogP contribution in [0.1, 0.15) is 0 Å². The van der Waals surface area contributed by atoms with Crippen LogP contribution in [0, 0.1) is 0 Å². The fraction of sp³-hybridized carbons (Fsp3) is 1.00. The minimum Gasteiger partial charge on any atom is -0.255 e. The Hall–Kier alpha value is 0.581. The number of halogens is 1. The van der Waals surface area contributed by atoms with Crippen molar-refractivity contribution in [1.82, 2.24) is 0 Å². The van der Waals surface area contributed by atoms with Gasteiger partial charge in [0.15, 0.2) is 0 Å². The summed E-state index contributed by atoms with van der Waals surface area (Å²) in [5.74, 6) is 0. The fourth-order valence-corrected chi connectivity index (χ4v) is 30.4. The topological polar surface area (TPSA) is 0 Å². The Kier molecular flexibility index (Phi) is 3.71. The summed E-state index contributed by atoms with van der Waals surface area (Å²) in [6.07, 6.45) is 0. The van der Waals surface area contributed by atoms with Crippen LogP contribution in [0.4, 0.5) is 4.39 Å². The molecule has 0 fully saturated rings. The molecule has 14 heavy (non-hydrogen) atoms. The molecule has 0 bridgehead atoms. The van der Waals surface area contributed by atoms with Crippen LogP contribution in [-0.4, -0.2) is 28.8 Å². The number of hydrogen-bond acceptors (Lipinski definition) is 0. The van der Waals surface area contributed by atoms with Crippen molar-refractivity contribution in [2.24, 2.45) is 0 Å². The second-order valence-corrected chi connectivity index (χ2v) is 24.5. The van der Waals surface area contributed by atoms with Crippen molar-refractivity contribution in [3.8, 4) is 0 Å². The van der Waals surface area contributed by atoms with Crippen LogP contribution in [0.25, 0.3) is 0 Å². The first-order valence-electron chi connectivity index (χ1n) is 5.44. The van der Waals surface area contributed by atoms with E-state index in [0.29, 0.717) is 0 Å². The van der Waals surface area contributed by atoms with E-state index in [2.05, 4.69) is 58.9 Å². The molecule has 0 aromatic heterocycles. The highest BCUT2D eigenvalue weighted by molar-refractivity contribution is 7.14. The Morgan fingerprint density at radius 2 is 0.714 bits per heavy atom. The van der Waals surface area contributed by atoms with Gasteiger partial charge in [-0.15, -0.1) is 0 Å². The van der Waals surface area contributed by atoms with Gasteiger partial charge < -0.3 is 0 Å². The first kappa shape index (κ1) is 14.6. The van der Waals surface area contributed by atoms with E-state index >= 15 is 4.39 Å². The van der Waals surface area contributed by atoms with Gasteiger partial charge in [-0.1, -0.05) is 58.9 Å². The Labute approximate surface area is 92.3 Å². The molecule has 0 heterocycles. The molecule has 0 aliphatic carbocycles. The monoisotopic (exact) mass is 250 g/mol. The lowest BCUT2D eigenvalue weighted by molar-refractivity contribution is 0.452. The van der Waals surface area contributed by atoms with Crippen LogP contribution in [0.2, 0.25) is 58.9 Å². The van der Waals surface area contributed by atoms with Crippen molar-refractivity contribution in [2.75, 3.05) is 0 Å². The highest BCUT2D eigenvalue weighted by Crippen LogP contribution is 2.42. The summed E-state index contributed by atoms with van der Waals surface area (Å²) in [4.78, 5) is 0. The van der Waals surface area contributed by atoms with Crippen LogP contribution < -0.4 is 0 Å². The zero-order valence-corrected chi connectivity index (χ0v) is 14.4. The van der Waals surface area contributed by atoms with Gasteiger partial charge in [0.2, 0.25) is 0 Å². The summed E-state index contributed by atoms with van der Waals surface area (Å²) in [5, 5.41) is 0. The molecule has 0 atom stereocenters. The fourth-order valence-electron chi connectivity index (χ4n) is 3.38. The lowest BCUT2D eigenvalue weighted by atomic mass is 11.6. The van der Waals surface area contributed by atoms with Gasteiger partial charge in [0.05, 0.1) is 28.8 Å². The van der Waals surface area contributed by atoms with E-state index in [1.807, 2.05) is 0 Å². The van der Waals surface area contributed by atoms with Crippen LogP contribution in [0.15, 0.2) is 0 Å². The highest BCUT2D eigenvalue weighted by atomic mass is 28.5. The van der Waals surface area contributed by atoms with Gasteiger partial charge in [0.25, 0.3) is 0 Å². The molecule has 0 nitrogen and oxygen atoms in total. The van der Waals surface area contributed by atoms with Gasteiger partial charge in [-0.25, -0.2) is 0 Å². The van der Waals surface area contributed by atoms with Crippen molar-refractivity contribution >= 4 is 24.2 Å². The van der Waals surface area contributed by atoms with Crippen LogP contribution >= 0.6 is 0 Å². The maximum atomic E-state index is 15.5. The number of rotatable bonds is 3. The average molecular weight is 251 g/mol. The minimum absolute atomic E-state index is 0.771. The van der Waals surface area contributed by atoms with E-state index in [1.165, 1.54) is 0 Å². The predicted molar refractivity (Wildman–Crippen MR) is 73.9 cm³/mol. The molecule has 0 unspecified atom stereocenters. The van der Waals surface area contributed by atoms with Gasteiger partial charge in [0.1, 0.15) is 0 Å². The third kappa shape index (κ3) is 2.22. The summed E-state index contributed by atoms with van der Waals surface area (Å²) in [6.45, 7) is 19.8. The highest BCUT2D eigenvalue weighted by Gasteiger charge is 2.60. The standard InChI is InChI=1S/C10H27FSi3/c1-12(2,3)10(11,13(4,5)6)14(7,8)9/h1-9H3. The lowest BCUT2D eigenvalue weighted by Gasteiger charge is -2.52. The normalized spacial score (nSPS) is 15.9. The molecular weight excluding hydrogens is 223 g/mol. The molecule has 0 rings (SSSR count). The molecular formula is C10H27FSi3. The molecule has 0 saturated carbocycles. The number of alkyl halides is 1. The molecule has 0 amide bonds. The summed E-state index contributed by atoms with van der Waals surface area (Å²) >= 11 is 0. The van der Waals surface area contributed by atoms with E-state index in [0.717, 1.165) is 0 Å². The van der Waals surface area contributed by atoms with Crippen LogP contribution in [-0.2, 0) is 0 Å². The average Bonchev–Trinajstić information content (AvgIpc) is 1.77. The first-order valence-corrected chi connectivity index (χ1v) is 15.9. The summed E-state index contributed by atoms with van der Waals surface area (Å²) in [5.41, 5.74) is 0. The molecule has 0 aromatic carbocycles. The molecule has 0 radical (unpaired) electrons. The lowest BCUT2D eigenvalue weighted by Crippen LogP contribution is -2.74. The Morgan fingerprint density at radius 1 is 0.571 bits per heavy atom. The summed E-state index contributed by atoms with van der Waals surface area (Å²) in [6, 6.07) is 0. The van der Waals surface area contributed by atoms with Crippen molar-refractivity contribution in [3.05, 3.63) is 0 Å². The largest absolute Gasteiger partial charge is 0.255 e. The van der Waals surface area contributed by atoms with Gasteiger partial charge in [0, 0.05) is 0 Å². The summed E-state index contributed by atoms with van der Waals surface area (Å²) in [7, 11) is -5.17. The Balaban J connectivity index is 5.54. The van der Waals surface area contributed by atoms with Gasteiger partial charge in [-0.05, 0) is 0 Å². The molecule has 0 aliphatic heterocycles. The second kappa shape index (κ2) is 3.56. The summed E-state index contributed by atoms with van der Waals surface area (Å²) < 4.78 is 14.7. The molecule has 4 heteroatoms. The van der Waals surface area contributed by atoms with E-state index in [1.54, 1.807) is 0 Å². The van der Waals surface area contributed by atoms with E-state index in [4.69, 9.17) is 0 Å². The van der Waals surface area contributed by atoms with Gasteiger partial charge >= 0.3 is 0 Å². The van der Waals surface area contributed by atoms with E-state index in [-0.39, 0.29) is 0 Å².